The lowest BCUT2D eigenvalue weighted by molar-refractivity contribution is -0.117. The Morgan fingerprint density at radius 2 is 1.71 bits per heavy atom. The molecule has 0 aliphatic rings. The molecule has 0 unspecified atom stereocenters. The Labute approximate surface area is 171 Å². The van der Waals surface area contributed by atoms with Crippen molar-refractivity contribution in [2.24, 2.45) is 0 Å². The molecule has 0 bridgehead atoms. The van der Waals surface area contributed by atoms with Gasteiger partial charge in [0, 0.05) is 18.3 Å². The Morgan fingerprint density at radius 1 is 1.00 bits per heavy atom. The largest absolute Gasteiger partial charge is 0.491 e. The molecule has 2 aromatic carbocycles. The van der Waals surface area contributed by atoms with Crippen LogP contribution < -0.4 is 19.5 Å². The molecular formula is C21H27ClN2O4. The van der Waals surface area contributed by atoms with E-state index in [0.29, 0.717) is 54.3 Å². The summed E-state index contributed by atoms with van der Waals surface area (Å²) in [5.41, 5.74) is 0.664. The summed E-state index contributed by atoms with van der Waals surface area (Å²) in [6, 6.07) is 12.7. The molecule has 0 heterocycles. The van der Waals surface area contributed by atoms with Gasteiger partial charge in [-0.2, -0.15) is 0 Å². The lowest BCUT2D eigenvalue weighted by atomic mass is 10.2. The molecule has 28 heavy (non-hydrogen) atoms. The highest BCUT2D eigenvalue weighted by molar-refractivity contribution is 6.32. The van der Waals surface area contributed by atoms with E-state index in [9.17, 15) is 4.79 Å². The van der Waals surface area contributed by atoms with E-state index in [-0.39, 0.29) is 12.5 Å². The number of carbonyl (C=O) groups excluding carboxylic acids is 1. The molecule has 0 radical (unpaired) electrons. The topological polar surface area (TPSA) is 60.0 Å². The van der Waals surface area contributed by atoms with Crippen LogP contribution in [0.5, 0.6) is 17.2 Å². The van der Waals surface area contributed by atoms with Crippen molar-refractivity contribution in [3.05, 3.63) is 47.5 Å². The number of nitrogens with one attached hydrogen (secondary N) is 1. The zero-order valence-corrected chi connectivity index (χ0v) is 17.3. The SMILES string of the molecule is CCOc1ccc(NC(=O)CN(C)CCOc2ccccc2Cl)cc1OCC. The van der Waals surface area contributed by atoms with Gasteiger partial charge in [0.05, 0.1) is 24.8 Å². The summed E-state index contributed by atoms with van der Waals surface area (Å²) in [7, 11) is 1.86. The molecule has 0 aliphatic carbocycles. The fourth-order valence-corrected chi connectivity index (χ4v) is 2.72. The van der Waals surface area contributed by atoms with Crippen molar-refractivity contribution in [1.29, 1.82) is 0 Å². The molecule has 0 saturated carbocycles. The van der Waals surface area contributed by atoms with Crippen LogP contribution in [0, 0.1) is 0 Å². The first-order valence-corrected chi connectivity index (χ1v) is 9.66. The molecular weight excluding hydrogens is 380 g/mol. The average molecular weight is 407 g/mol. The number of carbonyl (C=O) groups is 1. The van der Waals surface area contributed by atoms with E-state index in [1.54, 1.807) is 24.3 Å². The molecule has 0 aromatic heterocycles. The van der Waals surface area contributed by atoms with Gasteiger partial charge >= 0.3 is 0 Å². The number of hydrogen-bond donors (Lipinski definition) is 1. The van der Waals surface area contributed by atoms with Crippen LogP contribution >= 0.6 is 11.6 Å². The van der Waals surface area contributed by atoms with Gasteiger partial charge in [0.25, 0.3) is 0 Å². The van der Waals surface area contributed by atoms with Crippen molar-refractivity contribution in [1.82, 2.24) is 4.90 Å². The molecule has 2 rings (SSSR count). The second kappa shape index (κ2) is 11.4. The highest BCUT2D eigenvalue weighted by Crippen LogP contribution is 2.30. The summed E-state index contributed by atoms with van der Waals surface area (Å²) in [6.07, 6.45) is 0. The number of ether oxygens (including phenoxy) is 3. The van der Waals surface area contributed by atoms with Crippen LogP contribution in [0.1, 0.15) is 13.8 Å². The maximum atomic E-state index is 12.3. The predicted octanol–water partition coefficient (Wildman–Crippen LogP) is 4.09. The van der Waals surface area contributed by atoms with E-state index in [1.807, 2.05) is 44.0 Å². The fourth-order valence-electron chi connectivity index (χ4n) is 2.53. The minimum atomic E-state index is -0.119. The Balaban J connectivity index is 1.82. The van der Waals surface area contributed by atoms with E-state index < -0.39 is 0 Å². The Morgan fingerprint density at radius 3 is 2.43 bits per heavy atom. The first kappa shape index (κ1) is 21.9. The molecule has 0 fully saturated rings. The van der Waals surface area contributed by atoms with Crippen molar-refractivity contribution >= 4 is 23.2 Å². The van der Waals surface area contributed by atoms with Crippen molar-refractivity contribution in [3.8, 4) is 17.2 Å². The molecule has 0 saturated heterocycles. The van der Waals surface area contributed by atoms with Crippen LogP contribution in [0.2, 0.25) is 5.02 Å². The number of hydrogen-bond acceptors (Lipinski definition) is 5. The predicted molar refractivity (Wildman–Crippen MR) is 112 cm³/mol. The Bertz CT molecular complexity index is 770. The lowest BCUT2D eigenvalue weighted by Crippen LogP contribution is -2.33. The van der Waals surface area contributed by atoms with Gasteiger partial charge in [0.1, 0.15) is 12.4 Å². The van der Waals surface area contributed by atoms with Gasteiger partial charge in [-0.1, -0.05) is 23.7 Å². The van der Waals surface area contributed by atoms with Gasteiger partial charge in [-0.3, -0.25) is 9.69 Å². The van der Waals surface area contributed by atoms with Crippen molar-refractivity contribution in [2.75, 3.05) is 45.3 Å². The molecule has 152 valence electrons. The van der Waals surface area contributed by atoms with Gasteiger partial charge < -0.3 is 19.5 Å². The minimum Gasteiger partial charge on any atom is -0.491 e. The second-order valence-electron chi connectivity index (χ2n) is 6.09. The fraction of sp³-hybridized carbons (Fsp3) is 0.381. The maximum Gasteiger partial charge on any atom is 0.238 e. The molecule has 0 spiro atoms. The first-order valence-electron chi connectivity index (χ1n) is 9.28. The van der Waals surface area contributed by atoms with Crippen molar-refractivity contribution in [2.45, 2.75) is 13.8 Å². The van der Waals surface area contributed by atoms with Gasteiger partial charge in [-0.15, -0.1) is 0 Å². The summed E-state index contributed by atoms with van der Waals surface area (Å²) in [5.74, 6) is 1.80. The highest BCUT2D eigenvalue weighted by atomic mass is 35.5. The average Bonchev–Trinajstić information content (AvgIpc) is 2.65. The number of benzene rings is 2. The van der Waals surface area contributed by atoms with Crippen LogP contribution in [0.15, 0.2) is 42.5 Å². The Kier molecular flexibility index (Phi) is 8.91. The highest BCUT2D eigenvalue weighted by Gasteiger charge is 2.11. The Hall–Kier alpha value is -2.44. The number of likely N-dealkylation sites (N-methyl/N-ethyl adjacent to an activating group) is 1. The summed E-state index contributed by atoms with van der Waals surface area (Å²) >= 11 is 6.06. The monoisotopic (exact) mass is 406 g/mol. The van der Waals surface area contributed by atoms with Gasteiger partial charge in [0.2, 0.25) is 5.91 Å². The van der Waals surface area contributed by atoms with E-state index in [4.69, 9.17) is 25.8 Å². The quantitative estimate of drug-likeness (QED) is 0.609. The summed E-state index contributed by atoms with van der Waals surface area (Å²) in [6.45, 7) is 6.15. The summed E-state index contributed by atoms with van der Waals surface area (Å²) in [5, 5.41) is 3.45. The molecule has 1 N–H and O–H groups in total. The zero-order chi connectivity index (χ0) is 20.4. The van der Waals surface area contributed by atoms with Crippen LogP contribution in [0.25, 0.3) is 0 Å². The number of anilines is 1. The van der Waals surface area contributed by atoms with Crippen LogP contribution in [0.4, 0.5) is 5.69 Å². The smallest absolute Gasteiger partial charge is 0.238 e. The maximum absolute atomic E-state index is 12.3. The zero-order valence-electron chi connectivity index (χ0n) is 16.5. The van der Waals surface area contributed by atoms with E-state index in [1.165, 1.54) is 0 Å². The van der Waals surface area contributed by atoms with E-state index >= 15 is 0 Å². The lowest BCUT2D eigenvalue weighted by Gasteiger charge is -2.17. The third-order valence-electron chi connectivity index (χ3n) is 3.81. The summed E-state index contributed by atoms with van der Waals surface area (Å²) < 4.78 is 16.8. The van der Waals surface area contributed by atoms with E-state index in [2.05, 4.69) is 5.32 Å². The molecule has 0 aliphatic heterocycles. The van der Waals surface area contributed by atoms with E-state index in [0.717, 1.165) is 0 Å². The third-order valence-corrected chi connectivity index (χ3v) is 4.12. The van der Waals surface area contributed by atoms with Crippen LogP contribution in [-0.2, 0) is 4.79 Å². The minimum absolute atomic E-state index is 0.119. The third kappa shape index (κ3) is 6.94. The molecule has 2 aromatic rings. The normalized spacial score (nSPS) is 10.6. The number of amides is 1. The molecule has 7 heteroatoms. The van der Waals surface area contributed by atoms with Crippen LogP contribution in [0.3, 0.4) is 0 Å². The number of rotatable bonds is 11. The van der Waals surface area contributed by atoms with Gasteiger partial charge in [0.15, 0.2) is 11.5 Å². The molecule has 6 nitrogen and oxygen atoms in total. The number of halogens is 1. The van der Waals surface area contributed by atoms with Gasteiger partial charge in [-0.05, 0) is 45.2 Å². The van der Waals surface area contributed by atoms with Crippen molar-refractivity contribution in [3.63, 3.8) is 0 Å². The number of para-hydroxylation sites is 1. The second-order valence-corrected chi connectivity index (χ2v) is 6.50. The first-order chi connectivity index (χ1) is 13.5. The van der Waals surface area contributed by atoms with Crippen LogP contribution in [-0.4, -0.2) is 50.8 Å². The molecule has 1 amide bonds. The standard InChI is InChI=1S/C21H27ClN2O4/c1-4-26-19-11-10-16(14-20(19)27-5-2)23-21(25)15-24(3)12-13-28-18-9-7-6-8-17(18)22/h6-11,14H,4-5,12-13,15H2,1-3H3,(H,23,25). The summed E-state index contributed by atoms with van der Waals surface area (Å²) in [4.78, 5) is 14.2. The van der Waals surface area contributed by atoms with Gasteiger partial charge in [-0.25, -0.2) is 0 Å². The molecule has 0 atom stereocenters. The number of nitrogens with zero attached hydrogens (tertiary/aromatic N) is 1. The van der Waals surface area contributed by atoms with Crippen molar-refractivity contribution < 1.29 is 19.0 Å².